The molecule has 0 unspecified atom stereocenters. The van der Waals surface area contributed by atoms with Gasteiger partial charge in [0.1, 0.15) is 11.6 Å². The Labute approximate surface area is 84.9 Å². The Morgan fingerprint density at radius 3 is 2.36 bits per heavy atom. The number of halogens is 1. The van der Waals surface area contributed by atoms with Gasteiger partial charge in [0.2, 0.25) is 0 Å². The number of benzene rings is 1. The van der Waals surface area contributed by atoms with Gasteiger partial charge in [0.25, 0.3) is 0 Å². The van der Waals surface area contributed by atoms with E-state index in [9.17, 15) is 4.39 Å². The smallest absolute Gasteiger partial charge is 0.127 e. The van der Waals surface area contributed by atoms with Crippen LogP contribution < -0.4 is 4.74 Å². The highest BCUT2D eigenvalue weighted by atomic mass is 19.1. The maximum atomic E-state index is 13.0. The molecule has 0 atom stereocenters. The summed E-state index contributed by atoms with van der Waals surface area (Å²) in [7, 11) is 0. The van der Waals surface area contributed by atoms with Crippen LogP contribution >= 0.6 is 0 Å². The molecular weight excluding hydrogens is 179 g/mol. The van der Waals surface area contributed by atoms with Gasteiger partial charge >= 0.3 is 0 Å². The zero-order chi connectivity index (χ0) is 10.6. The van der Waals surface area contributed by atoms with E-state index in [0.717, 1.165) is 18.4 Å². The summed E-state index contributed by atoms with van der Waals surface area (Å²) in [6, 6.07) is 4.80. The monoisotopic (exact) mass is 196 g/mol. The minimum Gasteiger partial charge on any atom is -0.490 e. The van der Waals surface area contributed by atoms with Gasteiger partial charge in [-0.3, -0.25) is 0 Å². The van der Waals surface area contributed by atoms with Gasteiger partial charge in [-0.05, 0) is 37.5 Å². The van der Waals surface area contributed by atoms with Crippen LogP contribution in [-0.4, -0.2) is 6.10 Å². The van der Waals surface area contributed by atoms with E-state index in [2.05, 4.69) is 13.8 Å². The molecule has 0 aliphatic rings. The van der Waals surface area contributed by atoms with Gasteiger partial charge in [-0.1, -0.05) is 13.8 Å². The van der Waals surface area contributed by atoms with Crippen LogP contribution in [0.25, 0.3) is 0 Å². The average molecular weight is 196 g/mol. The van der Waals surface area contributed by atoms with Gasteiger partial charge in [-0.2, -0.15) is 0 Å². The third-order valence-electron chi connectivity index (χ3n) is 2.23. The molecule has 78 valence electrons. The Morgan fingerprint density at radius 2 is 1.86 bits per heavy atom. The zero-order valence-electron chi connectivity index (χ0n) is 9.01. The van der Waals surface area contributed by atoms with E-state index < -0.39 is 0 Å². The van der Waals surface area contributed by atoms with Crippen LogP contribution in [0.1, 0.15) is 32.3 Å². The molecule has 0 N–H and O–H groups in total. The molecule has 0 saturated heterocycles. The highest BCUT2D eigenvalue weighted by molar-refractivity contribution is 5.28. The van der Waals surface area contributed by atoms with Crippen molar-refractivity contribution in [1.29, 1.82) is 0 Å². The summed E-state index contributed by atoms with van der Waals surface area (Å²) >= 11 is 0. The predicted molar refractivity (Wildman–Crippen MR) is 56.1 cm³/mol. The van der Waals surface area contributed by atoms with E-state index in [1.54, 1.807) is 0 Å². The first-order valence-corrected chi connectivity index (χ1v) is 5.09. The van der Waals surface area contributed by atoms with E-state index in [1.165, 1.54) is 12.1 Å². The summed E-state index contributed by atoms with van der Waals surface area (Å²) in [5.74, 6) is 0.405. The van der Waals surface area contributed by atoms with Gasteiger partial charge < -0.3 is 4.74 Å². The highest BCUT2D eigenvalue weighted by Crippen LogP contribution is 2.18. The van der Waals surface area contributed by atoms with E-state index in [0.29, 0.717) is 5.75 Å². The third-order valence-corrected chi connectivity index (χ3v) is 2.23. The zero-order valence-corrected chi connectivity index (χ0v) is 9.01. The second kappa shape index (κ2) is 4.99. The topological polar surface area (TPSA) is 9.23 Å². The molecule has 14 heavy (non-hydrogen) atoms. The summed E-state index contributed by atoms with van der Waals surface area (Å²) in [4.78, 5) is 0. The predicted octanol–water partition coefficient (Wildman–Crippen LogP) is 3.70. The molecule has 0 aromatic heterocycles. The molecule has 0 aliphatic heterocycles. The van der Waals surface area contributed by atoms with Crippen molar-refractivity contribution in [3.8, 4) is 5.75 Å². The number of rotatable bonds is 4. The lowest BCUT2D eigenvalue weighted by Crippen LogP contribution is -2.13. The van der Waals surface area contributed by atoms with E-state index in [-0.39, 0.29) is 11.9 Å². The van der Waals surface area contributed by atoms with Crippen molar-refractivity contribution in [1.82, 2.24) is 0 Å². The fourth-order valence-electron chi connectivity index (χ4n) is 1.42. The Bertz CT molecular complexity index is 272. The summed E-state index contributed by atoms with van der Waals surface area (Å²) < 4.78 is 18.6. The minimum absolute atomic E-state index is 0.191. The van der Waals surface area contributed by atoms with Crippen molar-refractivity contribution in [2.24, 2.45) is 0 Å². The lowest BCUT2D eigenvalue weighted by atomic mass is 10.2. The number of aryl methyl sites for hydroxylation is 1. The number of ether oxygens (including phenoxy) is 1. The van der Waals surface area contributed by atoms with Crippen molar-refractivity contribution >= 4 is 0 Å². The number of hydrogen-bond acceptors (Lipinski definition) is 1. The molecule has 0 fully saturated rings. The first-order chi connectivity index (χ1) is 6.65. The average Bonchev–Trinajstić information content (AvgIpc) is 2.12. The first-order valence-electron chi connectivity index (χ1n) is 5.09. The van der Waals surface area contributed by atoms with Crippen molar-refractivity contribution in [3.05, 3.63) is 29.6 Å². The Hall–Kier alpha value is -1.05. The summed E-state index contributed by atoms with van der Waals surface area (Å²) in [6.45, 7) is 6.00. The molecule has 0 radical (unpaired) electrons. The van der Waals surface area contributed by atoms with Crippen LogP contribution in [-0.2, 0) is 0 Å². The largest absolute Gasteiger partial charge is 0.490 e. The fourth-order valence-corrected chi connectivity index (χ4v) is 1.42. The second-order valence-electron chi connectivity index (χ2n) is 3.52. The van der Waals surface area contributed by atoms with E-state index in [1.807, 2.05) is 13.0 Å². The molecule has 0 amide bonds. The van der Waals surface area contributed by atoms with E-state index in [4.69, 9.17) is 4.74 Å². The highest BCUT2D eigenvalue weighted by Gasteiger charge is 2.06. The normalized spacial score (nSPS) is 10.6. The van der Waals surface area contributed by atoms with Gasteiger partial charge in [0.05, 0.1) is 6.10 Å². The standard InChI is InChI=1S/C12H17FO/c1-4-11(5-2)14-12-7-9(3)6-10(13)8-12/h6-8,11H,4-5H2,1-3H3. The van der Waals surface area contributed by atoms with Gasteiger partial charge in [-0.25, -0.2) is 4.39 Å². The molecule has 1 nitrogen and oxygen atoms in total. The quantitative estimate of drug-likeness (QED) is 0.713. The minimum atomic E-state index is -0.231. The molecule has 0 heterocycles. The molecule has 0 saturated carbocycles. The van der Waals surface area contributed by atoms with E-state index >= 15 is 0 Å². The lowest BCUT2D eigenvalue weighted by molar-refractivity contribution is 0.192. The van der Waals surface area contributed by atoms with Crippen molar-refractivity contribution < 1.29 is 9.13 Å². The van der Waals surface area contributed by atoms with Crippen molar-refractivity contribution in [2.75, 3.05) is 0 Å². The Morgan fingerprint density at radius 1 is 1.21 bits per heavy atom. The third kappa shape index (κ3) is 3.02. The van der Waals surface area contributed by atoms with Crippen molar-refractivity contribution in [3.63, 3.8) is 0 Å². The van der Waals surface area contributed by atoms with Gasteiger partial charge in [-0.15, -0.1) is 0 Å². The fraction of sp³-hybridized carbons (Fsp3) is 0.500. The van der Waals surface area contributed by atoms with Gasteiger partial charge in [0, 0.05) is 6.07 Å². The van der Waals surface area contributed by atoms with Crippen LogP contribution in [0.2, 0.25) is 0 Å². The van der Waals surface area contributed by atoms with Gasteiger partial charge in [0.15, 0.2) is 0 Å². The summed E-state index contributed by atoms with van der Waals surface area (Å²) in [6.07, 6.45) is 2.09. The maximum absolute atomic E-state index is 13.0. The molecular formula is C12H17FO. The van der Waals surface area contributed by atoms with Crippen LogP contribution in [0.15, 0.2) is 18.2 Å². The SMILES string of the molecule is CCC(CC)Oc1cc(C)cc(F)c1. The van der Waals surface area contributed by atoms with Crippen LogP contribution in [0, 0.1) is 12.7 Å². The second-order valence-corrected chi connectivity index (χ2v) is 3.52. The molecule has 1 aromatic carbocycles. The lowest BCUT2D eigenvalue weighted by Gasteiger charge is -2.15. The molecule has 1 aromatic rings. The summed E-state index contributed by atoms with van der Waals surface area (Å²) in [5.41, 5.74) is 0.894. The molecule has 0 spiro atoms. The molecule has 0 bridgehead atoms. The summed E-state index contributed by atoms with van der Waals surface area (Å²) in [5, 5.41) is 0. The molecule has 1 rings (SSSR count). The maximum Gasteiger partial charge on any atom is 0.127 e. The van der Waals surface area contributed by atoms with Crippen LogP contribution in [0.3, 0.4) is 0 Å². The van der Waals surface area contributed by atoms with Crippen molar-refractivity contribution in [2.45, 2.75) is 39.7 Å². The first kappa shape index (κ1) is 11.0. The molecule has 0 aliphatic carbocycles. The molecule has 2 heteroatoms. The Balaban J connectivity index is 2.75. The Kier molecular flexibility index (Phi) is 3.93. The van der Waals surface area contributed by atoms with Crippen LogP contribution in [0.5, 0.6) is 5.75 Å². The number of hydrogen-bond donors (Lipinski definition) is 0. The van der Waals surface area contributed by atoms with Crippen LogP contribution in [0.4, 0.5) is 4.39 Å².